The Balaban J connectivity index is 3.75. The van der Waals surface area contributed by atoms with Gasteiger partial charge in [0.1, 0.15) is 13.2 Å². The lowest BCUT2D eigenvalue weighted by Gasteiger charge is -2.26. The van der Waals surface area contributed by atoms with Crippen molar-refractivity contribution in [3.8, 4) is 0 Å². The fourth-order valence-corrected chi connectivity index (χ4v) is 10.1. The first-order valence-electron chi connectivity index (χ1n) is 30.7. The number of quaternary nitrogens is 1. The summed E-state index contributed by atoms with van der Waals surface area (Å²) in [6.07, 6.45) is 67.2. The molecule has 0 aliphatic heterocycles. The fraction of sp³-hybridized carbons (Fsp3) is 0.918. The second-order valence-corrected chi connectivity index (χ2v) is 23.9. The van der Waals surface area contributed by atoms with Gasteiger partial charge in [0, 0.05) is 6.42 Å². The van der Waals surface area contributed by atoms with Crippen molar-refractivity contribution >= 4 is 13.7 Å². The zero-order valence-electron chi connectivity index (χ0n) is 47.5. The van der Waals surface area contributed by atoms with E-state index in [2.05, 4.69) is 43.5 Å². The molecule has 0 heterocycles. The maximum Gasteiger partial charge on any atom is 0.472 e. The zero-order valence-corrected chi connectivity index (χ0v) is 48.4. The number of phosphoric ester groups is 1. The number of phosphoric acid groups is 1. The summed E-state index contributed by atoms with van der Waals surface area (Å²) < 4.78 is 23.7. The molecule has 1 amide bonds. The van der Waals surface area contributed by atoms with Crippen molar-refractivity contribution in [2.24, 2.45) is 0 Å². The molecule has 0 spiro atoms. The van der Waals surface area contributed by atoms with Crippen molar-refractivity contribution in [2.45, 2.75) is 321 Å². The number of carbonyl (C=O) groups excluding carboxylic acids is 1. The number of hydrogen-bond acceptors (Lipinski definition) is 5. The Bertz CT molecular complexity index is 1190. The van der Waals surface area contributed by atoms with Crippen LogP contribution in [0.3, 0.4) is 0 Å². The quantitative estimate of drug-likeness (QED) is 0.0243. The second-order valence-electron chi connectivity index (χ2n) is 22.4. The molecular weight excluding hydrogens is 888 g/mol. The van der Waals surface area contributed by atoms with E-state index in [4.69, 9.17) is 9.05 Å². The van der Waals surface area contributed by atoms with Crippen molar-refractivity contribution in [1.82, 2.24) is 5.32 Å². The van der Waals surface area contributed by atoms with Crippen molar-refractivity contribution in [3.05, 3.63) is 24.3 Å². The molecule has 0 aliphatic carbocycles. The van der Waals surface area contributed by atoms with Crippen molar-refractivity contribution in [2.75, 3.05) is 40.9 Å². The topological polar surface area (TPSA) is 105 Å². The molecule has 0 rings (SSSR count). The maximum atomic E-state index is 12.9. The first-order valence-corrected chi connectivity index (χ1v) is 32.2. The van der Waals surface area contributed by atoms with E-state index < -0.39 is 20.0 Å². The van der Waals surface area contributed by atoms with Crippen LogP contribution in [-0.2, 0) is 18.4 Å². The summed E-state index contributed by atoms with van der Waals surface area (Å²) in [7, 11) is 1.63. The van der Waals surface area contributed by atoms with Gasteiger partial charge < -0.3 is 19.8 Å². The molecule has 416 valence electrons. The van der Waals surface area contributed by atoms with Gasteiger partial charge in [-0.15, -0.1) is 0 Å². The van der Waals surface area contributed by atoms with Gasteiger partial charge in [0.15, 0.2) is 0 Å². The molecule has 0 aliphatic rings. The van der Waals surface area contributed by atoms with Crippen LogP contribution in [0.15, 0.2) is 24.3 Å². The van der Waals surface area contributed by atoms with Crippen LogP contribution in [0.25, 0.3) is 0 Å². The summed E-state index contributed by atoms with van der Waals surface area (Å²) in [5.41, 5.74) is 0. The molecule has 0 aromatic rings. The van der Waals surface area contributed by atoms with Crippen LogP contribution in [0.2, 0.25) is 0 Å². The summed E-state index contributed by atoms with van der Waals surface area (Å²) in [5, 5.41) is 14.0. The van der Waals surface area contributed by atoms with Crippen molar-refractivity contribution < 1.29 is 32.9 Å². The number of unbranched alkanes of at least 4 members (excludes halogenated alkanes) is 40. The Labute approximate surface area is 436 Å². The third-order valence-corrected chi connectivity index (χ3v) is 15.2. The minimum Gasteiger partial charge on any atom is -0.391 e. The number of carbonyl (C=O) groups is 1. The third kappa shape index (κ3) is 54.7. The molecule has 0 radical (unpaired) electrons. The monoisotopic (exact) mass is 1010 g/mol. The number of rotatable bonds is 57. The molecule has 3 unspecified atom stereocenters. The molecule has 0 bridgehead atoms. The van der Waals surface area contributed by atoms with Crippen molar-refractivity contribution in [1.29, 1.82) is 0 Å². The Morgan fingerprint density at radius 2 is 0.814 bits per heavy atom. The molecule has 8 nitrogen and oxygen atoms in total. The largest absolute Gasteiger partial charge is 0.472 e. The summed E-state index contributed by atoms with van der Waals surface area (Å²) in [4.78, 5) is 23.2. The summed E-state index contributed by atoms with van der Waals surface area (Å²) in [5.74, 6) is -0.141. The molecule has 3 atom stereocenters. The highest BCUT2D eigenvalue weighted by Gasteiger charge is 2.28. The van der Waals surface area contributed by atoms with Gasteiger partial charge in [-0.2, -0.15) is 0 Å². The van der Waals surface area contributed by atoms with Gasteiger partial charge in [0.2, 0.25) is 5.91 Å². The van der Waals surface area contributed by atoms with E-state index in [0.717, 1.165) is 44.9 Å². The number of amides is 1. The molecule has 0 saturated heterocycles. The van der Waals surface area contributed by atoms with Gasteiger partial charge in [0.05, 0.1) is 39.9 Å². The Hall–Kier alpha value is -1.02. The van der Waals surface area contributed by atoms with E-state index >= 15 is 0 Å². The Kier molecular flexibility index (Phi) is 52.1. The predicted molar refractivity (Wildman–Crippen MR) is 305 cm³/mol. The highest BCUT2D eigenvalue weighted by Crippen LogP contribution is 2.43. The minimum absolute atomic E-state index is 0.0772. The molecule has 0 saturated carbocycles. The van der Waals surface area contributed by atoms with Crippen LogP contribution in [0.5, 0.6) is 0 Å². The number of likely N-dealkylation sites (N-methyl/N-ethyl adjacent to an activating group) is 1. The number of aliphatic hydroxyl groups excluding tert-OH is 1. The Morgan fingerprint density at radius 1 is 0.486 bits per heavy atom. The van der Waals surface area contributed by atoms with Gasteiger partial charge >= 0.3 is 7.82 Å². The molecule has 70 heavy (non-hydrogen) atoms. The first kappa shape index (κ1) is 69.0. The molecule has 0 aromatic carbocycles. The van der Waals surface area contributed by atoms with Gasteiger partial charge in [-0.25, -0.2) is 4.57 Å². The average Bonchev–Trinajstić information content (AvgIpc) is 3.32. The van der Waals surface area contributed by atoms with Crippen LogP contribution < -0.4 is 5.32 Å². The Morgan fingerprint density at radius 3 is 1.17 bits per heavy atom. The van der Waals surface area contributed by atoms with Crippen LogP contribution in [0.4, 0.5) is 0 Å². The molecular formula is C61H122N2O6P+. The molecule has 0 aromatic heterocycles. The number of nitrogens with zero attached hydrogens (tertiary/aromatic N) is 1. The fourth-order valence-electron chi connectivity index (χ4n) is 9.37. The SMILES string of the molecule is CCCCCCC/C=C\C/C=C\CCCCCCCCCCCCCCCCCCCCCCCCCCCCCC(=O)NC(COP(=O)(O)OCC[N+](C)(C)C)C(O)CCCCCCCCCCC. The van der Waals surface area contributed by atoms with E-state index in [9.17, 15) is 19.4 Å². The molecule has 9 heteroatoms. The number of aliphatic hydroxyl groups is 1. The lowest BCUT2D eigenvalue weighted by molar-refractivity contribution is -0.870. The van der Waals surface area contributed by atoms with E-state index in [-0.39, 0.29) is 19.1 Å². The summed E-state index contributed by atoms with van der Waals surface area (Å²) >= 11 is 0. The van der Waals surface area contributed by atoms with E-state index in [1.165, 1.54) is 238 Å². The van der Waals surface area contributed by atoms with Crippen molar-refractivity contribution in [3.63, 3.8) is 0 Å². The summed E-state index contributed by atoms with van der Waals surface area (Å²) in [6, 6.07) is -0.755. The number of allylic oxidation sites excluding steroid dienone is 4. The highest BCUT2D eigenvalue weighted by atomic mass is 31.2. The van der Waals surface area contributed by atoms with Gasteiger partial charge in [-0.05, 0) is 44.9 Å². The normalized spacial score (nSPS) is 14.0. The van der Waals surface area contributed by atoms with Crippen LogP contribution in [0.1, 0.15) is 309 Å². The highest BCUT2D eigenvalue weighted by molar-refractivity contribution is 7.47. The lowest BCUT2D eigenvalue weighted by atomic mass is 10.0. The molecule has 3 N–H and O–H groups in total. The number of hydrogen-bond donors (Lipinski definition) is 3. The zero-order chi connectivity index (χ0) is 51.3. The third-order valence-electron chi connectivity index (χ3n) is 14.2. The minimum atomic E-state index is -4.31. The lowest BCUT2D eigenvalue weighted by Crippen LogP contribution is -2.46. The van der Waals surface area contributed by atoms with Crippen LogP contribution >= 0.6 is 7.82 Å². The standard InChI is InChI=1S/C61H121N2O6P/c1-6-8-10-12-14-16-17-18-19-20-21-22-23-24-25-26-27-28-29-30-31-32-33-34-35-36-37-38-39-40-41-42-43-44-45-47-49-51-53-55-61(65)62-59(58-69-70(66,67)68-57-56-63(3,4)5)60(64)54-52-50-48-46-15-13-11-9-7-2/h17-18,20-21,59-60,64H,6-16,19,22-58H2,1-5H3,(H-,62,65,66,67)/p+1/b18-17-,21-20-. The number of nitrogens with one attached hydrogen (secondary N) is 1. The van der Waals surface area contributed by atoms with Crippen LogP contribution in [0, 0.1) is 0 Å². The van der Waals surface area contributed by atoms with E-state index in [1.54, 1.807) is 0 Å². The smallest absolute Gasteiger partial charge is 0.391 e. The molecule has 0 fully saturated rings. The second kappa shape index (κ2) is 52.8. The first-order chi connectivity index (χ1) is 34.0. The predicted octanol–water partition coefficient (Wildman–Crippen LogP) is 18.8. The average molecular weight is 1010 g/mol. The van der Waals surface area contributed by atoms with E-state index in [0.29, 0.717) is 23.9 Å². The van der Waals surface area contributed by atoms with Gasteiger partial charge in [-0.1, -0.05) is 282 Å². The van der Waals surface area contributed by atoms with Gasteiger partial charge in [-0.3, -0.25) is 13.8 Å². The summed E-state index contributed by atoms with van der Waals surface area (Å²) in [6.45, 7) is 4.88. The van der Waals surface area contributed by atoms with Gasteiger partial charge in [0.25, 0.3) is 0 Å². The van der Waals surface area contributed by atoms with Crippen LogP contribution in [-0.4, -0.2) is 73.4 Å². The maximum absolute atomic E-state index is 12.9. The van der Waals surface area contributed by atoms with E-state index in [1.807, 2.05) is 21.1 Å².